The van der Waals surface area contributed by atoms with E-state index in [1.807, 2.05) is 4.90 Å². The minimum absolute atomic E-state index is 0.0643. The summed E-state index contributed by atoms with van der Waals surface area (Å²) in [6.07, 6.45) is 3.22. The normalized spacial score (nSPS) is 19.5. The molecule has 4 N–H and O–H groups in total. The number of aromatic nitrogens is 2. The lowest BCUT2D eigenvalue weighted by Gasteiger charge is -2.36. The van der Waals surface area contributed by atoms with Gasteiger partial charge in [0.1, 0.15) is 6.54 Å². The van der Waals surface area contributed by atoms with Crippen molar-refractivity contribution in [2.24, 2.45) is 23.7 Å². The van der Waals surface area contributed by atoms with Gasteiger partial charge in [-0.2, -0.15) is 0 Å². The number of aliphatic hydroxyl groups is 1. The molecule has 0 radical (unpaired) electrons. The van der Waals surface area contributed by atoms with Crippen molar-refractivity contribution < 1.29 is 37.5 Å². The fourth-order valence-corrected chi connectivity index (χ4v) is 7.22. The van der Waals surface area contributed by atoms with Crippen molar-refractivity contribution in [3.05, 3.63) is 76.3 Å². The molecule has 0 aliphatic carbocycles. The molecule has 53 heavy (non-hydrogen) atoms. The Balaban J connectivity index is 1.21. The lowest BCUT2D eigenvalue weighted by molar-refractivity contribution is -0.898. The molecule has 2 aliphatic heterocycles. The van der Waals surface area contributed by atoms with Crippen LogP contribution in [0.25, 0.3) is 16.8 Å². The number of nitrogens with zero attached hydrogens (tertiary/aromatic N) is 6. The predicted molar refractivity (Wildman–Crippen MR) is 198 cm³/mol. The van der Waals surface area contributed by atoms with E-state index in [4.69, 9.17) is 22.1 Å². The topological polar surface area (TPSA) is 155 Å². The highest BCUT2D eigenvalue weighted by Crippen LogP contribution is 2.31. The molecule has 2 fully saturated rings. The summed E-state index contributed by atoms with van der Waals surface area (Å²) in [5.41, 5.74) is 6.93. The average molecular weight is 756 g/mol. The molecule has 0 saturated carbocycles. The number of ether oxygens (including phenoxy) is 1. The van der Waals surface area contributed by atoms with Gasteiger partial charge in [-0.25, -0.2) is 13.8 Å². The Labute approximate surface area is 312 Å². The molecular weight excluding hydrogens is 710 g/mol. The van der Waals surface area contributed by atoms with Crippen LogP contribution in [0.15, 0.2) is 47.7 Å². The number of halogens is 3. The third-order valence-electron chi connectivity index (χ3n) is 10.0. The zero-order valence-electron chi connectivity index (χ0n) is 30.4. The average Bonchev–Trinajstić information content (AvgIpc) is 3.72. The molecule has 2 aliphatic rings. The van der Waals surface area contributed by atoms with Crippen LogP contribution in [-0.4, -0.2) is 132 Å². The van der Waals surface area contributed by atoms with Gasteiger partial charge in [-0.15, -0.1) is 0 Å². The molecule has 2 saturated heterocycles. The molecule has 0 spiro atoms. The number of likely N-dealkylation sites (N-methyl/N-ethyl adjacent to an activating group) is 1. The maximum absolute atomic E-state index is 15.5. The number of aliphatic imine (C=N–C) groups is 1. The number of quaternary nitrogens is 1. The zero-order chi connectivity index (χ0) is 38.4. The Kier molecular flexibility index (Phi) is 12.6. The minimum atomic E-state index is -1.14. The molecule has 16 heteroatoms. The monoisotopic (exact) mass is 755 g/mol. The third kappa shape index (κ3) is 8.59. The Hall–Kier alpha value is -4.70. The number of nitrogens with two attached hydrogens (primary N) is 1. The van der Waals surface area contributed by atoms with E-state index < -0.39 is 17.5 Å². The molecule has 3 aromatic rings. The molecule has 3 amide bonds. The van der Waals surface area contributed by atoms with Crippen molar-refractivity contribution in [1.82, 2.24) is 19.4 Å². The number of amides is 3. The van der Waals surface area contributed by atoms with Crippen molar-refractivity contribution >= 4 is 46.3 Å². The standard InChI is InChI=1S/C37H45ClF2N8O5/c1-23(42-10-18-53-4)29(20-41)26-7-8-28(33(40)32(26)39)31-21-43-34(45(31)2)35(50)44-25-5-6-27(30(38)19-25)37(52)47-13-11-46(12-14-47)36(51)24-9-15-48(3,22-24)16-17-49/h5-8,19-21,24,49H,9-18,22H2,1-4H3,(H2-,41,42,44,50,52)/p+1. The third-order valence-corrected chi connectivity index (χ3v) is 10.4. The van der Waals surface area contributed by atoms with E-state index in [1.54, 1.807) is 17.9 Å². The highest BCUT2D eigenvalue weighted by molar-refractivity contribution is 6.34. The summed E-state index contributed by atoms with van der Waals surface area (Å²) in [6.45, 7) is 6.14. The molecule has 1 aromatic heterocycles. The Bertz CT molecular complexity index is 1930. The Morgan fingerprint density at radius 1 is 1.13 bits per heavy atom. The van der Waals surface area contributed by atoms with Gasteiger partial charge in [0.15, 0.2) is 17.5 Å². The van der Waals surface area contributed by atoms with E-state index >= 15 is 8.78 Å². The van der Waals surface area contributed by atoms with Gasteiger partial charge in [0.25, 0.3) is 11.8 Å². The van der Waals surface area contributed by atoms with Gasteiger partial charge < -0.3 is 39.7 Å². The zero-order valence-corrected chi connectivity index (χ0v) is 31.1. The molecule has 284 valence electrons. The summed E-state index contributed by atoms with van der Waals surface area (Å²) in [6, 6.07) is 7.29. The number of hydrogen-bond donors (Lipinski definition) is 3. The van der Waals surface area contributed by atoms with Gasteiger partial charge in [0, 0.05) is 81.1 Å². The van der Waals surface area contributed by atoms with Crippen LogP contribution >= 0.6 is 11.6 Å². The van der Waals surface area contributed by atoms with Crippen LogP contribution in [0, 0.1) is 17.6 Å². The van der Waals surface area contributed by atoms with Crippen molar-refractivity contribution in [2.75, 3.05) is 85.0 Å². The number of methoxy groups -OCH3 is 1. The molecule has 13 nitrogen and oxygen atoms in total. The van der Waals surface area contributed by atoms with Gasteiger partial charge in [0.2, 0.25) is 5.91 Å². The highest BCUT2D eigenvalue weighted by Gasteiger charge is 2.40. The second-order valence-corrected chi connectivity index (χ2v) is 14.0. The van der Waals surface area contributed by atoms with Crippen LogP contribution < -0.4 is 11.1 Å². The Morgan fingerprint density at radius 2 is 1.83 bits per heavy atom. The van der Waals surface area contributed by atoms with E-state index in [0.29, 0.717) is 68.3 Å². The SMILES string of the molecule is COCCN=C(C)/C(=C\N)c1ccc(-c2cnc(C(=O)Nc3ccc(C(=O)N4CCN(C(=O)C5CC[N+](C)(CCO)C5)CC4)c(Cl)c3)n2C)c(F)c1F. The number of rotatable bonds is 12. The van der Waals surface area contributed by atoms with E-state index in [-0.39, 0.29) is 63.1 Å². The first kappa shape index (κ1) is 39.5. The lowest BCUT2D eigenvalue weighted by Crippen LogP contribution is -2.52. The number of carbonyl (C=O) groups excluding carboxylic acids is 3. The van der Waals surface area contributed by atoms with Crippen LogP contribution in [0.3, 0.4) is 0 Å². The van der Waals surface area contributed by atoms with Gasteiger partial charge in [-0.3, -0.25) is 19.4 Å². The predicted octanol–water partition coefficient (Wildman–Crippen LogP) is 3.42. The van der Waals surface area contributed by atoms with E-state index in [2.05, 4.69) is 22.3 Å². The molecular formula is C37H46ClF2N8O5+. The number of likely N-dealkylation sites (tertiary alicyclic amines) is 1. The first-order valence-electron chi connectivity index (χ1n) is 17.4. The smallest absolute Gasteiger partial charge is 0.291 e. The van der Waals surface area contributed by atoms with Crippen LogP contribution in [-0.2, 0) is 16.6 Å². The number of anilines is 1. The highest BCUT2D eigenvalue weighted by atomic mass is 35.5. The number of piperazine rings is 1. The summed E-state index contributed by atoms with van der Waals surface area (Å²) in [5, 5.41) is 12.2. The second-order valence-electron chi connectivity index (χ2n) is 13.6. The maximum atomic E-state index is 15.5. The van der Waals surface area contributed by atoms with Crippen molar-refractivity contribution in [3.63, 3.8) is 0 Å². The fraction of sp³-hybridized carbons (Fsp3) is 0.432. The first-order chi connectivity index (χ1) is 25.3. The number of imidazole rings is 1. The Morgan fingerprint density at radius 3 is 2.49 bits per heavy atom. The molecule has 2 atom stereocenters. The summed E-state index contributed by atoms with van der Waals surface area (Å²) >= 11 is 6.53. The summed E-state index contributed by atoms with van der Waals surface area (Å²) < 4.78 is 37.9. The van der Waals surface area contributed by atoms with E-state index in [1.165, 1.54) is 55.4 Å². The van der Waals surface area contributed by atoms with E-state index in [9.17, 15) is 19.5 Å². The van der Waals surface area contributed by atoms with Crippen molar-refractivity contribution in [2.45, 2.75) is 13.3 Å². The van der Waals surface area contributed by atoms with Crippen LogP contribution in [0.1, 0.15) is 39.9 Å². The second kappa shape index (κ2) is 17.0. The summed E-state index contributed by atoms with van der Waals surface area (Å²) in [5.74, 6) is -3.27. The van der Waals surface area contributed by atoms with Gasteiger partial charge >= 0.3 is 0 Å². The van der Waals surface area contributed by atoms with Crippen LogP contribution in [0.5, 0.6) is 0 Å². The molecule has 5 rings (SSSR count). The van der Waals surface area contributed by atoms with Gasteiger partial charge in [-0.05, 0) is 31.2 Å². The molecule has 3 heterocycles. The van der Waals surface area contributed by atoms with Crippen molar-refractivity contribution in [1.29, 1.82) is 0 Å². The molecule has 0 bridgehead atoms. The largest absolute Gasteiger partial charge is 0.404 e. The van der Waals surface area contributed by atoms with Gasteiger partial charge in [0.05, 0.1) is 68.3 Å². The number of allylic oxidation sites excluding steroid dienone is 1. The first-order valence-corrected chi connectivity index (χ1v) is 17.8. The summed E-state index contributed by atoms with van der Waals surface area (Å²) in [7, 11) is 5.10. The number of aliphatic hydroxyl groups excluding tert-OH is 1. The number of nitrogens with one attached hydrogen (secondary N) is 1. The van der Waals surface area contributed by atoms with Crippen LogP contribution in [0.4, 0.5) is 14.5 Å². The number of hydrogen-bond acceptors (Lipinski definition) is 8. The van der Waals surface area contributed by atoms with Crippen LogP contribution in [0.2, 0.25) is 5.02 Å². The molecule has 2 aromatic carbocycles. The van der Waals surface area contributed by atoms with Crippen molar-refractivity contribution in [3.8, 4) is 11.3 Å². The van der Waals surface area contributed by atoms with E-state index in [0.717, 1.165) is 13.0 Å². The minimum Gasteiger partial charge on any atom is -0.404 e. The number of benzene rings is 2. The maximum Gasteiger partial charge on any atom is 0.291 e. The molecule has 2 unspecified atom stereocenters. The fourth-order valence-electron chi connectivity index (χ4n) is 6.96. The quantitative estimate of drug-likeness (QED) is 0.145. The lowest BCUT2D eigenvalue weighted by atomic mass is 9.99. The number of carbonyl (C=O) groups is 3. The summed E-state index contributed by atoms with van der Waals surface area (Å²) in [4.78, 5) is 51.8. The van der Waals surface area contributed by atoms with Gasteiger partial charge in [-0.1, -0.05) is 17.7 Å².